The molecule has 0 radical (unpaired) electrons. The molecule has 4 heteroatoms. The second-order valence-corrected chi connectivity index (χ2v) is 3.13. The zero-order chi connectivity index (χ0) is 10.0. The number of carbonyl (C=O) groups is 1. The summed E-state index contributed by atoms with van der Waals surface area (Å²) in [5.41, 5.74) is 0.621. The Balaban J connectivity index is 3.19. The number of carboxylic acids is 1. The summed E-state index contributed by atoms with van der Waals surface area (Å²) in [7, 11) is 0. The molecule has 0 saturated heterocycles. The van der Waals surface area contributed by atoms with E-state index < -0.39 is 5.97 Å². The molecule has 0 aliphatic carbocycles. The van der Waals surface area contributed by atoms with E-state index in [1.165, 1.54) is 12.3 Å². The van der Waals surface area contributed by atoms with Gasteiger partial charge in [-0.05, 0) is 11.5 Å². The molecule has 13 heavy (non-hydrogen) atoms. The Kier molecular flexibility index (Phi) is 2.51. The second-order valence-electron chi connectivity index (χ2n) is 3.13. The van der Waals surface area contributed by atoms with Gasteiger partial charge in [-0.2, -0.15) is 4.73 Å². The van der Waals surface area contributed by atoms with Crippen LogP contribution in [0.3, 0.4) is 0 Å². The van der Waals surface area contributed by atoms with Crippen LogP contribution in [0.25, 0.3) is 0 Å². The number of nitrogens with zero attached hydrogens (tertiary/aromatic N) is 1. The summed E-state index contributed by atoms with van der Waals surface area (Å²) >= 11 is 0. The number of hydrogen-bond acceptors (Lipinski definition) is 2. The van der Waals surface area contributed by atoms with E-state index in [-0.39, 0.29) is 11.6 Å². The summed E-state index contributed by atoms with van der Waals surface area (Å²) in [6.07, 6.45) is 1.22. The number of pyridine rings is 1. The monoisotopic (exact) mass is 181 g/mol. The van der Waals surface area contributed by atoms with Crippen molar-refractivity contribution in [2.24, 2.45) is 0 Å². The summed E-state index contributed by atoms with van der Waals surface area (Å²) < 4.78 is 0.355. The minimum absolute atomic E-state index is 0.222. The standard InChI is InChI=1S/C9H11NO3/c1-6(2)7-3-4-10(13)8(5-7)9(11)12/h3-6H,1-2H3,(H,11,12). The van der Waals surface area contributed by atoms with E-state index in [1.807, 2.05) is 13.8 Å². The molecule has 0 aromatic carbocycles. The van der Waals surface area contributed by atoms with E-state index in [9.17, 15) is 10.0 Å². The Labute approximate surface area is 76.0 Å². The molecule has 1 rings (SSSR count). The minimum atomic E-state index is -1.20. The van der Waals surface area contributed by atoms with E-state index in [4.69, 9.17) is 5.11 Å². The smallest absolute Gasteiger partial charge is 0.402 e. The van der Waals surface area contributed by atoms with Crippen LogP contribution in [-0.2, 0) is 0 Å². The third-order valence-corrected chi connectivity index (χ3v) is 1.83. The lowest BCUT2D eigenvalue weighted by molar-refractivity contribution is -0.608. The van der Waals surface area contributed by atoms with Crippen LogP contribution in [0, 0.1) is 5.21 Å². The van der Waals surface area contributed by atoms with Crippen molar-refractivity contribution in [2.75, 3.05) is 0 Å². The molecule has 0 unspecified atom stereocenters. The van der Waals surface area contributed by atoms with Crippen molar-refractivity contribution in [3.63, 3.8) is 0 Å². The van der Waals surface area contributed by atoms with Gasteiger partial charge in [0.25, 0.3) is 0 Å². The molecule has 0 aliphatic rings. The Bertz CT molecular complexity index is 334. The van der Waals surface area contributed by atoms with Gasteiger partial charge in [-0.3, -0.25) is 0 Å². The zero-order valence-electron chi connectivity index (χ0n) is 7.52. The first-order chi connectivity index (χ1) is 6.02. The van der Waals surface area contributed by atoms with E-state index in [1.54, 1.807) is 6.07 Å². The van der Waals surface area contributed by atoms with Gasteiger partial charge in [0.2, 0.25) is 0 Å². The highest BCUT2D eigenvalue weighted by molar-refractivity contribution is 5.83. The fourth-order valence-corrected chi connectivity index (χ4v) is 1.02. The van der Waals surface area contributed by atoms with Gasteiger partial charge in [0, 0.05) is 12.1 Å². The lowest BCUT2D eigenvalue weighted by Gasteiger charge is -2.06. The predicted molar refractivity (Wildman–Crippen MR) is 46.5 cm³/mol. The lowest BCUT2D eigenvalue weighted by Crippen LogP contribution is -2.34. The number of aromatic carboxylic acids is 1. The number of aromatic nitrogens is 1. The Hall–Kier alpha value is -1.58. The van der Waals surface area contributed by atoms with Crippen molar-refractivity contribution < 1.29 is 14.6 Å². The summed E-state index contributed by atoms with van der Waals surface area (Å²) in [5.74, 6) is -0.975. The normalized spacial score (nSPS) is 10.4. The second kappa shape index (κ2) is 3.43. The maximum Gasteiger partial charge on any atom is 0.402 e. The van der Waals surface area contributed by atoms with Crippen molar-refractivity contribution in [1.29, 1.82) is 0 Å². The highest BCUT2D eigenvalue weighted by atomic mass is 16.5. The van der Waals surface area contributed by atoms with Crippen LogP contribution in [0.15, 0.2) is 18.3 Å². The molecule has 0 bridgehead atoms. The van der Waals surface area contributed by atoms with Gasteiger partial charge in [-0.15, -0.1) is 0 Å². The van der Waals surface area contributed by atoms with Crippen LogP contribution in [-0.4, -0.2) is 11.1 Å². The van der Waals surface area contributed by atoms with Crippen LogP contribution in [0.2, 0.25) is 0 Å². The molecule has 0 atom stereocenters. The molecule has 0 aliphatic heterocycles. The molecule has 1 aromatic heterocycles. The van der Waals surface area contributed by atoms with E-state index in [0.29, 0.717) is 4.73 Å². The van der Waals surface area contributed by atoms with Crippen molar-refractivity contribution in [3.05, 3.63) is 34.8 Å². The van der Waals surface area contributed by atoms with E-state index in [2.05, 4.69) is 0 Å². The summed E-state index contributed by atoms with van der Waals surface area (Å²) in [6.45, 7) is 3.88. The van der Waals surface area contributed by atoms with Gasteiger partial charge in [0.1, 0.15) is 0 Å². The molecule has 1 heterocycles. The number of carboxylic acid groups (broad SMARTS) is 1. The highest BCUT2D eigenvalue weighted by Crippen LogP contribution is 2.12. The first-order valence-electron chi connectivity index (χ1n) is 3.98. The molecule has 0 saturated carbocycles. The average molecular weight is 181 g/mol. The topological polar surface area (TPSA) is 64.2 Å². The fraction of sp³-hybridized carbons (Fsp3) is 0.333. The van der Waals surface area contributed by atoms with Gasteiger partial charge in [-0.25, -0.2) is 4.79 Å². The van der Waals surface area contributed by atoms with Crippen LogP contribution in [0.1, 0.15) is 35.8 Å². The van der Waals surface area contributed by atoms with Crippen LogP contribution in [0.5, 0.6) is 0 Å². The zero-order valence-corrected chi connectivity index (χ0v) is 7.52. The van der Waals surface area contributed by atoms with Crippen molar-refractivity contribution >= 4 is 5.97 Å². The SMILES string of the molecule is CC(C)c1cc[n+]([O-])c(C(=O)O)c1. The molecule has 0 amide bonds. The molecule has 1 aromatic rings. The Morgan fingerprint density at radius 3 is 2.69 bits per heavy atom. The highest BCUT2D eigenvalue weighted by Gasteiger charge is 2.15. The molecule has 0 spiro atoms. The van der Waals surface area contributed by atoms with Crippen LogP contribution >= 0.6 is 0 Å². The first kappa shape index (κ1) is 9.51. The van der Waals surface area contributed by atoms with Crippen LogP contribution in [0.4, 0.5) is 0 Å². The van der Waals surface area contributed by atoms with Gasteiger partial charge in [-0.1, -0.05) is 13.8 Å². The Morgan fingerprint density at radius 2 is 2.23 bits per heavy atom. The van der Waals surface area contributed by atoms with Crippen LogP contribution < -0.4 is 4.73 Å². The van der Waals surface area contributed by atoms with E-state index >= 15 is 0 Å². The molecule has 4 nitrogen and oxygen atoms in total. The molecule has 0 fully saturated rings. The van der Waals surface area contributed by atoms with Crippen molar-refractivity contribution in [2.45, 2.75) is 19.8 Å². The van der Waals surface area contributed by atoms with Crippen molar-refractivity contribution in [3.8, 4) is 0 Å². The number of rotatable bonds is 2. The molecule has 1 N–H and O–H groups in total. The molecular weight excluding hydrogens is 170 g/mol. The number of hydrogen-bond donors (Lipinski definition) is 1. The summed E-state index contributed by atoms with van der Waals surface area (Å²) in [6, 6.07) is 3.03. The van der Waals surface area contributed by atoms with Gasteiger partial charge in [0.05, 0.1) is 0 Å². The summed E-state index contributed by atoms with van der Waals surface area (Å²) in [5, 5.41) is 19.6. The largest absolute Gasteiger partial charge is 0.618 e. The van der Waals surface area contributed by atoms with E-state index in [0.717, 1.165) is 5.56 Å². The fourth-order valence-electron chi connectivity index (χ4n) is 1.02. The minimum Gasteiger partial charge on any atom is -0.618 e. The first-order valence-corrected chi connectivity index (χ1v) is 3.98. The molecular formula is C9H11NO3. The van der Waals surface area contributed by atoms with Gasteiger partial charge < -0.3 is 10.3 Å². The average Bonchev–Trinajstić information content (AvgIpc) is 2.04. The maximum absolute atomic E-state index is 11.0. The predicted octanol–water partition coefficient (Wildman–Crippen LogP) is 1.14. The maximum atomic E-state index is 11.0. The summed E-state index contributed by atoms with van der Waals surface area (Å²) in [4.78, 5) is 10.6. The quantitative estimate of drug-likeness (QED) is 0.549. The van der Waals surface area contributed by atoms with Crippen molar-refractivity contribution in [1.82, 2.24) is 0 Å². The molecule has 70 valence electrons. The lowest BCUT2D eigenvalue weighted by atomic mass is 10.0. The van der Waals surface area contributed by atoms with Gasteiger partial charge >= 0.3 is 11.7 Å². The Morgan fingerprint density at radius 1 is 1.62 bits per heavy atom. The third kappa shape index (κ3) is 1.96. The van der Waals surface area contributed by atoms with Gasteiger partial charge in [0.15, 0.2) is 6.20 Å². The third-order valence-electron chi connectivity index (χ3n) is 1.83.